The summed E-state index contributed by atoms with van der Waals surface area (Å²) in [6.45, 7) is 2.83. The Kier molecular flexibility index (Phi) is 4.74. The molecule has 0 aromatic heterocycles. The fourth-order valence-electron chi connectivity index (χ4n) is 1.92. The SMILES string of the molecule is CC(NC(=O)N1CCC(N(C)C)CC1)C(=O)O. The number of rotatable bonds is 3. The number of hydrogen-bond acceptors (Lipinski definition) is 3. The van der Waals surface area contributed by atoms with Gasteiger partial charge in [-0.15, -0.1) is 0 Å². The zero-order chi connectivity index (χ0) is 13.0. The molecule has 1 atom stereocenters. The fraction of sp³-hybridized carbons (Fsp3) is 0.818. The number of likely N-dealkylation sites (tertiary alicyclic amines) is 1. The first-order chi connectivity index (χ1) is 7.91. The Hall–Kier alpha value is -1.30. The van der Waals surface area contributed by atoms with Crippen LogP contribution in [0.2, 0.25) is 0 Å². The van der Waals surface area contributed by atoms with Gasteiger partial charge in [0.1, 0.15) is 6.04 Å². The maximum atomic E-state index is 11.7. The lowest BCUT2D eigenvalue weighted by Gasteiger charge is -2.35. The lowest BCUT2D eigenvalue weighted by atomic mass is 10.0. The van der Waals surface area contributed by atoms with Crippen molar-refractivity contribution in [2.75, 3.05) is 27.2 Å². The number of aliphatic carboxylic acids is 1. The average Bonchev–Trinajstić information content (AvgIpc) is 2.28. The van der Waals surface area contributed by atoms with Crippen molar-refractivity contribution in [3.05, 3.63) is 0 Å². The smallest absolute Gasteiger partial charge is 0.325 e. The Balaban J connectivity index is 2.38. The van der Waals surface area contributed by atoms with Crippen LogP contribution in [0.25, 0.3) is 0 Å². The molecule has 6 nitrogen and oxygen atoms in total. The van der Waals surface area contributed by atoms with E-state index >= 15 is 0 Å². The van der Waals surface area contributed by atoms with E-state index in [1.165, 1.54) is 6.92 Å². The summed E-state index contributed by atoms with van der Waals surface area (Å²) in [6.07, 6.45) is 1.86. The van der Waals surface area contributed by atoms with Gasteiger partial charge in [0, 0.05) is 19.1 Å². The highest BCUT2D eigenvalue weighted by Gasteiger charge is 2.25. The van der Waals surface area contributed by atoms with E-state index in [1.54, 1.807) is 4.90 Å². The third kappa shape index (κ3) is 3.89. The van der Waals surface area contributed by atoms with Crippen molar-refractivity contribution in [3.63, 3.8) is 0 Å². The van der Waals surface area contributed by atoms with E-state index in [0.717, 1.165) is 12.8 Å². The molecule has 0 saturated carbocycles. The normalized spacial score (nSPS) is 19.2. The van der Waals surface area contributed by atoms with Gasteiger partial charge in [-0.3, -0.25) is 4.79 Å². The van der Waals surface area contributed by atoms with Gasteiger partial charge in [0.2, 0.25) is 0 Å². The summed E-state index contributed by atoms with van der Waals surface area (Å²) < 4.78 is 0. The van der Waals surface area contributed by atoms with Gasteiger partial charge in [-0.2, -0.15) is 0 Å². The van der Waals surface area contributed by atoms with Crippen LogP contribution in [0.15, 0.2) is 0 Å². The number of nitrogens with zero attached hydrogens (tertiary/aromatic N) is 2. The van der Waals surface area contributed by atoms with Crippen molar-refractivity contribution in [2.45, 2.75) is 31.8 Å². The molecule has 0 bridgehead atoms. The summed E-state index contributed by atoms with van der Waals surface area (Å²) in [7, 11) is 4.07. The minimum atomic E-state index is -1.01. The number of hydrogen-bond donors (Lipinski definition) is 2. The molecule has 0 aliphatic carbocycles. The fourth-order valence-corrected chi connectivity index (χ4v) is 1.92. The first-order valence-corrected chi connectivity index (χ1v) is 5.86. The van der Waals surface area contributed by atoms with Gasteiger partial charge >= 0.3 is 12.0 Å². The summed E-state index contributed by atoms with van der Waals surface area (Å²) in [5.74, 6) is -1.01. The van der Waals surface area contributed by atoms with Gasteiger partial charge in [-0.25, -0.2) is 4.79 Å². The van der Waals surface area contributed by atoms with Crippen molar-refractivity contribution in [1.29, 1.82) is 0 Å². The molecule has 1 unspecified atom stereocenters. The van der Waals surface area contributed by atoms with E-state index in [1.807, 2.05) is 14.1 Å². The molecule has 0 radical (unpaired) electrons. The minimum Gasteiger partial charge on any atom is -0.480 e. The number of carbonyl (C=O) groups excluding carboxylic acids is 1. The van der Waals surface area contributed by atoms with Crippen molar-refractivity contribution in [3.8, 4) is 0 Å². The Morgan fingerprint density at radius 1 is 1.35 bits per heavy atom. The highest BCUT2D eigenvalue weighted by atomic mass is 16.4. The number of urea groups is 1. The van der Waals surface area contributed by atoms with E-state index in [2.05, 4.69) is 10.2 Å². The highest BCUT2D eigenvalue weighted by Crippen LogP contribution is 2.14. The molecule has 1 saturated heterocycles. The predicted octanol–water partition coefficient (Wildman–Crippen LogP) is 0.195. The second kappa shape index (κ2) is 5.86. The Labute approximate surface area is 102 Å². The predicted molar refractivity (Wildman–Crippen MR) is 63.9 cm³/mol. The van der Waals surface area contributed by atoms with Gasteiger partial charge in [-0.05, 0) is 33.9 Å². The van der Waals surface area contributed by atoms with Crippen LogP contribution in [-0.2, 0) is 4.79 Å². The molecule has 2 N–H and O–H groups in total. The van der Waals surface area contributed by atoms with Gasteiger partial charge in [0.05, 0.1) is 0 Å². The Morgan fingerprint density at radius 2 is 1.88 bits per heavy atom. The van der Waals surface area contributed by atoms with Gasteiger partial charge in [0.25, 0.3) is 0 Å². The third-order valence-corrected chi connectivity index (χ3v) is 3.19. The molecule has 1 heterocycles. The van der Waals surface area contributed by atoms with Crippen molar-refractivity contribution < 1.29 is 14.7 Å². The number of carboxylic acids is 1. The second-order valence-corrected chi connectivity index (χ2v) is 4.69. The Bertz CT molecular complexity index is 286. The van der Waals surface area contributed by atoms with Crippen LogP contribution in [0.1, 0.15) is 19.8 Å². The molecule has 98 valence electrons. The molecule has 6 heteroatoms. The van der Waals surface area contributed by atoms with Crippen LogP contribution in [-0.4, -0.2) is 66.2 Å². The van der Waals surface area contributed by atoms with Crippen LogP contribution in [0.5, 0.6) is 0 Å². The minimum absolute atomic E-state index is 0.280. The number of amides is 2. The molecule has 1 aliphatic heterocycles. The summed E-state index contributed by atoms with van der Waals surface area (Å²) in [5, 5.41) is 11.2. The van der Waals surface area contributed by atoms with Crippen LogP contribution < -0.4 is 5.32 Å². The third-order valence-electron chi connectivity index (χ3n) is 3.19. The van der Waals surface area contributed by atoms with Crippen molar-refractivity contribution in [2.24, 2.45) is 0 Å². The maximum absolute atomic E-state index is 11.7. The molecular formula is C11H21N3O3. The first kappa shape index (κ1) is 13.8. The van der Waals surface area contributed by atoms with E-state index < -0.39 is 12.0 Å². The van der Waals surface area contributed by atoms with Gasteiger partial charge < -0.3 is 20.2 Å². The largest absolute Gasteiger partial charge is 0.480 e. The van der Waals surface area contributed by atoms with E-state index in [-0.39, 0.29) is 6.03 Å². The average molecular weight is 243 g/mol. The lowest BCUT2D eigenvalue weighted by Crippen LogP contribution is -2.51. The number of carboxylic acid groups (broad SMARTS) is 1. The number of piperidine rings is 1. The second-order valence-electron chi connectivity index (χ2n) is 4.69. The molecule has 0 aromatic rings. The summed E-state index contributed by atoms with van der Waals surface area (Å²) in [6, 6.07) is -0.609. The standard InChI is InChI=1S/C11H21N3O3/c1-8(10(15)16)12-11(17)14-6-4-9(5-7-14)13(2)3/h8-9H,4-7H2,1-3H3,(H,12,17)(H,15,16). The van der Waals surface area contributed by atoms with E-state index in [9.17, 15) is 9.59 Å². The summed E-state index contributed by atoms with van der Waals surface area (Å²) in [4.78, 5) is 26.2. The molecular weight excluding hydrogens is 222 g/mol. The number of nitrogens with one attached hydrogen (secondary N) is 1. The molecule has 2 amide bonds. The quantitative estimate of drug-likeness (QED) is 0.742. The van der Waals surface area contributed by atoms with Gasteiger partial charge in [-0.1, -0.05) is 0 Å². The number of carbonyl (C=O) groups is 2. The topological polar surface area (TPSA) is 72.9 Å². The maximum Gasteiger partial charge on any atom is 0.325 e. The molecule has 0 aromatic carbocycles. The molecule has 1 fully saturated rings. The Morgan fingerprint density at radius 3 is 2.29 bits per heavy atom. The zero-order valence-electron chi connectivity index (χ0n) is 10.6. The van der Waals surface area contributed by atoms with E-state index in [0.29, 0.717) is 19.1 Å². The van der Waals surface area contributed by atoms with Crippen molar-refractivity contribution >= 4 is 12.0 Å². The zero-order valence-corrected chi connectivity index (χ0v) is 10.6. The molecule has 0 spiro atoms. The summed E-state index contributed by atoms with van der Waals surface area (Å²) >= 11 is 0. The molecule has 1 rings (SSSR count). The lowest BCUT2D eigenvalue weighted by molar-refractivity contribution is -0.138. The van der Waals surface area contributed by atoms with Crippen molar-refractivity contribution in [1.82, 2.24) is 15.1 Å². The highest BCUT2D eigenvalue weighted by molar-refractivity contribution is 5.82. The van der Waals surface area contributed by atoms with Crippen LogP contribution in [0.4, 0.5) is 4.79 Å². The monoisotopic (exact) mass is 243 g/mol. The van der Waals surface area contributed by atoms with Crippen LogP contribution in [0.3, 0.4) is 0 Å². The van der Waals surface area contributed by atoms with Crippen LogP contribution >= 0.6 is 0 Å². The molecule has 1 aliphatic rings. The van der Waals surface area contributed by atoms with E-state index in [4.69, 9.17) is 5.11 Å². The van der Waals surface area contributed by atoms with Gasteiger partial charge in [0.15, 0.2) is 0 Å². The van der Waals surface area contributed by atoms with Crippen LogP contribution in [0, 0.1) is 0 Å². The molecule has 17 heavy (non-hydrogen) atoms. The summed E-state index contributed by atoms with van der Waals surface area (Å²) in [5.41, 5.74) is 0. The first-order valence-electron chi connectivity index (χ1n) is 5.86.